The van der Waals surface area contributed by atoms with Gasteiger partial charge in [-0.25, -0.2) is 9.38 Å². The van der Waals surface area contributed by atoms with Crippen LogP contribution in [0.25, 0.3) is 0 Å². The fraction of sp³-hybridized carbons (Fsp3) is 0.474. The minimum absolute atomic E-state index is 0. The van der Waals surface area contributed by atoms with Crippen LogP contribution in [0.1, 0.15) is 31.1 Å². The Kier molecular flexibility index (Phi) is 8.03. The summed E-state index contributed by atoms with van der Waals surface area (Å²) in [5, 5.41) is 7.55. The van der Waals surface area contributed by atoms with Crippen molar-refractivity contribution >= 4 is 29.9 Å². The van der Waals surface area contributed by atoms with Crippen LogP contribution in [0.5, 0.6) is 0 Å². The molecule has 2 aromatic rings. The minimum atomic E-state index is -0.235. The monoisotopic (exact) mass is 487 g/mol. The number of morpholine rings is 1. The van der Waals surface area contributed by atoms with E-state index in [0.717, 1.165) is 30.2 Å². The number of aliphatic imine (C=N–C) groups is 1. The zero-order chi connectivity index (χ0) is 18.5. The summed E-state index contributed by atoms with van der Waals surface area (Å²) in [4.78, 5) is 6.97. The van der Waals surface area contributed by atoms with Crippen LogP contribution >= 0.6 is 24.0 Å². The van der Waals surface area contributed by atoms with Crippen molar-refractivity contribution in [2.24, 2.45) is 12.0 Å². The molecule has 1 aliphatic heterocycles. The van der Waals surface area contributed by atoms with Crippen molar-refractivity contribution in [3.8, 4) is 0 Å². The van der Waals surface area contributed by atoms with Crippen LogP contribution in [-0.4, -0.2) is 46.4 Å². The largest absolute Gasteiger partial charge is 0.367 e. The van der Waals surface area contributed by atoms with E-state index in [4.69, 9.17) is 9.73 Å². The Morgan fingerprint density at radius 2 is 2.07 bits per heavy atom. The number of ether oxygens (including phenoxy) is 1. The summed E-state index contributed by atoms with van der Waals surface area (Å²) < 4.78 is 21.1. The lowest BCUT2D eigenvalue weighted by molar-refractivity contribution is -0.0605. The van der Waals surface area contributed by atoms with Gasteiger partial charge in [0, 0.05) is 31.9 Å². The second-order valence-electron chi connectivity index (χ2n) is 6.58. The Balaban J connectivity index is 0.00000261. The Bertz CT molecular complexity index is 749. The lowest BCUT2D eigenvalue weighted by Crippen LogP contribution is -2.50. The molecule has 1 fully saturated rings. The van der Waals surface area contributed by atoms with Gasteiger partial charge < -0.3 is 15.0 Å². The van der Waals surface area contributed by atoms with Gasteiger partial charge in [-0.05, 0) is 31.5 Å². The summed E-state index contributed by atoms with van der Waals surface area (Å²) in [6.07, 6.45) is 3.75. The Hall–Kier alpha value is -1.68. The number of halogens is 2. The van der Waals surface area contributed by atoms with Gasteiger partial charge in [-0.3, -0.25) is 4.68 Å². The van der Waals surface area contributed by atoms with Gasteiger partial charge in [0.1, 0.15) is 11.9 Å². The standard InChI is InChI=1S/C19H26FN5O.HI/c1-4-21-19(22-9-15-10-23-24(3)12-15)25-11-14(2)26-18(13-25)16-5-7-17(20)8-6-16;/h5-8,10,12,14,18H,4,9,11,13H2,1-3H3,(H,21,22);1H. The third-order valence-electron chi connectivity index (χ3n) is 4.31. The first kappa shape index (κ1) is 21.6. The first-order chi connectivity index (χ1) is 12.5. The van der Waals surface area contributed by atoms with Gasteiger partial charge in [-0.1, -0.05) is 12.1 Å². The van der Waals surface area contributed by atoms with Crippen LogP contribution in [-0.2, 0) is 18.3 Å². The van der Waals surface area contributed by atoms with E-state index in [0.29, 0.717) is 13.1 Å². The maximum atomic E-state index is 13.2. The van der Waals surface area contributed by atoms with Crippen molar-refractivity contribution < 1.29 is 9.13 Å². The molecular weight excluding hydrogens is 460 g/mol. The van der Waals surface area contributed by atoms with Gasteiger partial charge in [-0.15, -0.1) is 24.0 Å². The van der Waals surface area contributed by atoms with E-state index >= 15 is 0 Å². The van der Waals surface area contributed by atoms with Crippen molar-refractivity contribution in [1.29, 1.82) is 0 Å². The summed E-state index contributed by atoms with van der Waals surface area (Å²) in [5.41, 5.74) is 2.05. The molecular formula is C19H27FIN5O. The molecule has 1 aliphatic rings. The zero-order valence-corrected chi connectivity index (χ0v) is 18.3. The molecule has 1 N–H and O–H groups in total. The van der Waals surface area contributed by atoms with Crippen molar-refractivity contribution in [3.05, 3.63) is 53.6 Å². The molecule has 27 heavy (non-hydrogen) atoms. The van der Waals surface area contributed by atoms with E-state index in [1.807, 2.05) is 26.4 Å². The molecule has 0 saturated carbocycles. The average molecular weight is 487 g/mol. The highest BCUT2D eigenvalue weighted by Gasteiger charge is 2.28. The number of rotatable bonds is 4. The maximum absolute atomic E-state index is 13.2. The SMILES string of the molecule is CCNC(=NCc1cnn(C)c1)N1CC(C)OC(c2ccc(F)cc2)C1.I. The van der Waals surface area contributed by atoms with Gasteiger partial charge in [-0.2, -0.15) is 5.10 Å². The van der Waals surface area contributed by atoms with Crippen molar-refractivity contribution in [2.45, 2.75) is 32.6 Å². The van der Waals surface area contributed by atoms with Crippen LogP contribution in [0.3, 0.4) is 0 Å². The van der Waals surface area contributed by atoms with Gasteiger partial charge >= 0.3 is 0 Å². The lowest BCUT2D eigenvalue weighted by atomic mass is 10.1. The third kappa shape index (κ3) is 5.90. The number of nitrogens with zero attached hydrogens (tertiary/aromatic N) is 4. The molecule has 0 spiro atoms. The Morgan fingerprint density at radius 1 is 1.33 bits per heavy atom. The van der Waals surface area contributed by atoms with Gasteiger partial charge in [0.25, 0.3) is 0 Å². The first-order valence-electron chi connectivity index (χ1n) is 8.97. The van der Waals surface area contributed by atoms with Gasteiger partial charge in [0.15, 0.2) is 5.96 Å². The molecule has 8 heteroatoms. The van der Waals surface area contributed by atoms with E-state index in [1.54, 1.807) is 16.8 Å². The number of aromatic nitrogens is 2. The Morgan fingerprint density at radius 3 is 2.70 bits per heavy atom. The normalized spacial score (nSPS) is 20.3. The fourth-order valence-electron chi connectivity index (χ4n) is 3.13. The van der Waals surface area contributed by atoms with Gasteiger partial charge in [0.05, 0.1) is 25.4 Å². The number of hydrogen-bond donors (Lipinski definition) is 1. The molecule has 1 aromatic heterocycles. The quantitative estimate of drug-likeness (QED) is 0.409. The summed E-state index contributed by atoms with van der Waals surface area (Å²) >= 11 is 0. The average Bonchev–Trinajstić information content (AvgIpc) is 3.04. The summed E-state index contributed by atoms with van der Waals surface area (Å²) in [7, 11) is 1.90. The predicted octanol–water partition coefficient (Wildman–Crippen LogP) is 3.10. The zero-order valence-electron chi connectivity index (χ0n) is 15.9. The molecule has 0 aliphatic carbocycles. The molecule has 2 heterocycles. The molecule has 6 nitrogen and oxygen atoms in total. The molecule has 2 unspecified atom stereocenters. The molecule has 0 amide bonds. The third-order valence-corrected chi connectivity index (χ3v) is 4.31. The van der Waals surface area contributed by atoms with E-state index in [9.17, 15) is 4.39 Å². The van der Waals surface area contributed by atoms with Crippen LogP contribution in [0.2, 0.25) is 0 Å². The summed E-state index contributed by atoms with van der Waals surface area (Å²) in [5.74, 6) is 0.624. The summed E-state index contributed by atoms with van der Waals surface area (Å²) in [6, 6.07) is 6.53. The molecule has 3 rings (SSSR count). The van der Waals surface area contributed by atoms with E-state index in [1.165, 1.54) is 12.1 Å². The minimum Gasteiger partial charge on any atom is -0.367 e. The highest BCUT2D eigenvalue weighted by molar-refractivity contribution is 14.0. The second kappa shape index (κ2) is 10.0. The lowest BCUT2D eigenvalue weighted by Gasteiger charge is -2.38. The molecule has 148 valence electrons. The predicted molar refractivity (Wildman–Crippen MR) is 115 cm³/mol. The van der Waals surface area contributed by atoms with Crippen molar-refractivity contribution in [2.75, 3.05) is 19.6 Å². The Labute approximate surface area is 176 Å². The van der Waals surface area contributed by atoms with Crippen LogP contribution in [0.15, 0.2) is 41.7 Å². The van der Waals surface area contributed by atoms with Crippen LogP contribution in [0, 0.1) is 5.82 Å². The van der Waals surface area contributed by atoms with Crippen molar-refractivity contribution in [1.82, 2.24) is 20.0 Å². The summed E-state index contributed by atoms with van der Waals surface area (Å²) in [6.45, 7) is 6.90. The van der Waals surface area contributed by atoms with E-state index in [2.05, 4.69) is 22.2 Å². The number of guanidine groups is 1. The van der Waals surface area contributed by atoms with Crippen LogP contribution < -0.4 is 5.32 Å². The fourth-order valence-corrected chi connectivity index (χ4v) is 3.13. The molecule has 1 aromatic carbocycles. The number of benzene rings is 1. The maximum Gasteiger partial charge on any atom is 0.194 e. The first-order valence-corrected chi connectivity index (χ1v) is 8.97. The topological polar surface area (TPSA) is 54.7 Å². The molecule has 0 bridgehead atoms. The molecule has 2 atom stereocenters. The second-order valence-corrected chi connectivity index (χ2v) is 6.58. The molecule has 1 saturated heterocycles. The highest BCUT2D eigenvalue weighted by Crippen LogP contribution is 2.25. The van der Waals surface area contributed by atoms with Crippen molar-refractivity contribution in [3.63, 3.8) is 0 Å². The number of nitrogens with one attached hydrogen (secondary N) is 1. The smallest absolute Gasteiger partial charge is 0.194 e. The number of aryl methyl sites for hydroxylation is 1. The highest BCUT2D eigenvalue weighted by atomic mass is 127. The van der Waals surface area contributed by atoms with E-state index in [-0.39, 0.29) is 42.0 Å². The molecule has 0 radical (unpaired) electrons. The van der Waals surface area contributed by atoms with E-state index < -0.39 is 0 Å². The number of hydrogen-bond acceptors (Lipinski definition) is 3. The van der Waals surface area contributed by atoms with Crippen LogP contribution in [0.4, 0.5) is 4.39 Å². The van der Waals surface area contributed by atoms with Gasteiger partial charge in [0.2, 0.25) is 0 Å².